The molecule has 0 unspecified atom stereocenters. The minimum absolute atomic E-state index is 0.972. The van der Waals surface area contributed by atoms with E-state index in [0.717, 1.165) is 23.7 Å². The van der Waals surface area contributed by atoms with Crippen molar-refractivity contribution in [2.75, 3.05) is 39.3 Å². The van der Waals surface area contributed by atoms with E-state index in [9.17, 15) is 0 Å². The molecule has 196 valence electrons. The fraction of sp³-hybridized carbons (Fsp3) is 0.938. The van der Waals surface area contributed by atoms with Gasteiger partial charge in [-0.1, -0.05) is 89.2 Å². The van der Waals surface area contributed by atoms with E-state index in [1.807, 2.05) is 0 Å². The maximum atomic E-state index is 2.87. The smallest absolute Gasteiger partial charge is 0.0163 e. The highest BCUT2D eigenvalue weighted by atomic mass is 15.1. The molecule has 0 saturated heterocycles. The molecule has 4 saturated carbocycles. The molecule has 0 aromatic carbocycles. The predicted octanol–water partition coefficient (Wildman–Crippen LogP) is 8.47. The molecule has 0 bridgehead atoms. The lowest BCUT2D eigenvalue weighted by Crippen LogP contribution is -2.36. The molecule has 0 N–H and O–H groups in total. The summed E-state index contributed by atoms with van der Waals surface area (Å²) in [5, 5.41) is 0. The molecular formula is C32H58N2. The first-order valence-electron chi connectivity index (χ1n) is 15.9. The topological polar surface area (TPSA) is 6.48 Å². The third-order valence-electron chi connectivity index (χ3n) is 9.86. The molecule has 4 rings (SSSR count). The molecule has 0 radical (unpaired) electrons. The Balaban J connectivity index is 1.27. The van der Waals surface area contributed by atoms with E-state index >= 15 is 0 Å². The molecular weight excluding hydrogens is 412 g/mol. The molecule has 2 heteroatoms. The number of hydrogen-bond donors (Lipinski definition) is 0. The summed E-state index contributed by atoms with van der Waals surface area (Å²) in [6.07, 6.45) is 34.8. The van der Waals surface area contributed by atoms with Crippen molar-refractivity contribution in [1.82, 2.24) is 9.80 Å². The van der Waals surface area contributed by atoms with Gasteiger partial charge in [-0.3, -0.25) is 9.80 Å². The largest absolute Gasteiger partial charge is 0.299 e. The first kappa shape index (κ1) is 26.7. The van der Waals surface area contributed by atoms with Gasteiger partial charge in [-0.05, 0) is 75.0 Å². The van der Waals surface area contributed by atoms with E-state index in [-0.39, 0.29) is 0 Å². The van der Waals surface area contributed by atoms with E-state index in [2.05, 4.69) is 22.0 Å². The molecule has 0 amide bonds. The first-order valence-corrected chi connectivity index (χ1v) is 15.9. The Morgan fingerprint density at radius 2 is 0.588 bits per heavy atom. The van der Waals surface area contributed by atoms with Crippen LogP contribution in [0.4, 0.5) is 0 Å². The summed E-state index contributed by atoms with van der Waals surface area (Å²) in [5.41, 5.74) is 0. The van der Waals surface area contributed by atoms with Gasteiger partial charge >= 0.3 is 0 Å². The summed E-state index contributed by atoms with van der Waals surface area (Å²) in [7, 11) is 0. The molecule has 4 aliphatic rings. The van der Waals surface area contributed by atoms with Gasteiger partial charge in [0.2, 0.25) is 0 Å². The van der Waals surface area contributed by atoms with E-state index in [1.165, 1.54) is 168 Å². The zero-order valence-corrected chi connectivity index (χ0v) is 22.7. The second kappa shape index (κ2) is 15.7. The summed E-state index contributed by atoms with van der Waals surface area (Å²) in [6, 6.07) is 0. The molecule has 0 aliphatic heterocycles. The lowest BCUT2D eigenvalue weighted by atomic mass is 9.86. The van der Waals surface area contributed by atoms with Gasteiger partial charge in [-0.2, -0.15) is 0 Å². The lowest BCUT2D eigenvalue weighted by Gasteiger charge is -2.34. The van der Waals surface area contributed by atoms with Gasteiger partial charge in [0.1, 0.15) is 0 Å². The van der Waals surface area contributed by atoms with Crippen LogP contribution in [0.15, 0.2) is 12.2 Å². The highest BCUT2D eigenvalue weighted by molar-refractivity contribution is 4.90. The Labute approximate surface area is 213 Å². The van der Waals surface area contributed by atoms with Crippen LogP contribution >= 0.6 is 0 Å². The molecule has 0 aromatic heterocycles. The van der Waals surface area contributed by atoms with E-state index in [1.54, 1.807) is 0 Å². The van der Waals surface area contributed by atoms with Crippen molar-refractivity contribution < 1.29 is 0 Å². The summed E-state index contributed by atoms with van der Waals surface area (Å²) in [4.78, 5) is 5.74. The SMILES string of the molecule is C(=CCN(CC1CCCCC1)CC1CCCCC1)CN(CC1CCCCC1)CC1CCCCC1. The quantitative estimate of drug-likeness (QED) is 0.264. The average Bonchev–Trinajstić information content (AvgIpc) is 2.89. The predicted molar refractivity (Wildman–Crippen MR) is 148 cm³/mol. The van der Waals surface area contributed by atoms with Crippen molar-refractivity contribution >= 4 is 0 Å². The molecule has 0 atom stereocenters. The van der Waals surface area contributed by atoms with Crippen molar-refractivity contribution in [1.29, 1.82) is 0 Å². The molecule has 0 heterocycles. The minimum atomic E-state index is 0.972. The molecule has 4 aliphatic carbocycles. The molecule has 34 heavy (non-hydrogen) atoms. The number of nitrogens with zero attached hydrogens (tertiary/aromatic N) is 2. The van der Waals surface area contributed by atoms with Crippen LogP contribution in [0.5, 0.6) is 0 Å². The monoisotopic (exact) mass is 470 g/mol. The van der Waals surface area contributed by atoms with Crippen molar-refractivity contribution in [3.63, 3.8) is 0 Å². The fourth-order valence-corrected chi connectivity index (χ4v) is 7.83. The van der Waals surface area contributed by atoms with Gasteiger partial charge in [-0.15, -0.1) is 0 Å². The second-order valence-electron chi connectivity index (χ2n) is 12.9. The summed E-state index contributed by atoms with van der Waals surface area (Å²) >= 11 is 0. The highest BCUT2D eigenvalue weighted by Gasteiger charge is 2.22. The minimum Gasteiger partial charge on any atom is -0.299 e. The molecule has 0 spiro atoms. The first-order chi connectivity index (χ1) is 16.8. The van der Waals surface area contributed by atoms with Gasteiger partial charge in [0.05, 0.1) is 0 Å². The lowest BCUT2D eigenvalue weighted by molar-refractivity contribution is 0.169. The fourth-order valence-electron chi connectivity index (χ4n) is 7.83. The highest BCUT2D eigenvalue weighted by Crippen LogP contribution is 2.29. The third-order valence-corrected chi connectivity index (χ3v) is 9.86. The van der Waals surface area contributed by atoms with Gasteiger partial charge in [0, 0.05) is 39.3 Å². The Bertz CT molecular complexity index is 445. The summed E-state index contributed by atoms with van der Waals surface area (Å²) in [5.74, 6) is 3.89. The average molecular weight is 471 g/mol. The Kier molecular flexibility index (Phi) is 12.3. The van der Waals surface area contributed by atoms with Crippen LogP contribution in [0.2, 0.25) is 0 Å². The second-order valence-corrected chi connectivity index (χ2v) is 12.9. The zero-order chi connectivity index (χ0) is 23.3. The van der Waals surface area contributed by atoms with E-state index in [4.69, 9.17) is 0 Å². The van der Waals surface area contributed by atoms with Crippen LogP contribution < -0.4 is 0 Å². The van der Waals surface area contributed by atoms with Gasteiger partial charge in [-0.25, -0.2) is 0 Å². The summed E-state index contributed by atoms with van der Waals surface area (Å²) in [6.45, 7) is 7.88. The van der Waals surface area contributed by atoms with Crippen LogP contribution in [0, 0.1) is 23.7 Å². The van der Waals surface area contributed by atoms with Crippen LogP contribution in [-0.2, 0) is 0 Å². The number of hydrogen-bond acceptors (Lipinski definition) is 2. The van der Waals surface area contributed by atoms with Crippen LogP contribution in [0.3, 0.4) is 0 Å². The van der Waals surface area contributed by atoms with Gasteiger partial charge < -0.3 is 0 Å². The van der Waals surface area contributed by atoms with Gasteiger partial charge in [0.25, 0.3) is 0 Å². The maximum Gasteiger partial charge on any atom is 0.0163 e. The molecule has 2 nitrogen and oxygen atoms in total. The summed E-state index contributed by atoms with van der Waals surface area (Å²) < 4.78 is 0. The Morgan fingerprint density at radius 1 is 0.353 bits per heavy atom. The van der Waals surface area contributed by atoms with Crippen LogP contribution in [-0.4, -0.2) is 49.1 Å². The van der Waals surface area contributed by atoms with Crippen molar-refractivity contribution in [3.8, 4) is 0 Å². The Hall–Kier alpha value is -0.340. The van der Waals surface area contributed by atoms with Crippen molar-refractivity contribution in [3.05, 3.63) is 12.2 Å². The number of rotatable bonds is 12. The van der Waals surface area contributed by atoms with Crippen LogP contribution in [0.1, 0.15) is 128 Å². The van der Waals surface area contributed by atoms with Crippen molar-refractivity contribution in [2.45, 2.75) is 128 Å². The molecule has 0 aromatic rings. The molecule has 4 fully saturated rings. The normalized spacial score (nSPS) is 25.1. The Morgan fingerprint density at radius 3 is 0.824 bits per heavy atom. The van der Waals surface area contributed by atoms with Gasteiger partial charge in [0.15, 0.2) is 0 Å². The standard InChI is InChI=1S/C32H58N2/c1-5-15-29(16-6-1)25-33(26-30-17-7-2-8-18-30)23-13-14-24-34(27-31-19-9-3-10-20-31)28-32-21-11-4-12-22-32/h13-14,29-32H,1-12,15-28H2. The van der Waals surface area contributed by atoms with Crippen molar-refractivity contribution in [2.24, 2.45) is 23.7 Å². The van der Waals surface area contributed by atoms with E-state index in [0.29, 0.717) is 0 Å². The zero-order valence-electron chi connectivity index (χ0n) is 22.7. The third kappa shape index (κ3) is 9.96. The van der Waals surface area contributed by atoms with E-state index < -0.39 is 0 Å². The van der Waals surface area contributed by atoms with Crippen LogP contribution in [0.25, 0.3) is 0 Å². The maximum absolute atomic E-state index is 2.87.